The smallest absolute Gasteiger partial charge is 0.132 e. The predicted molar refractivity (Wildman–Crippen MR) is 73.6 cm³/mol. The molecule has 100 valence electrons. The highest BCUT2D eigenvalue weighted by atomic mass is 79.9. The molecule has 0 bridgehead atoms. The summed E-state index contributed by atoms with van der Waals surface area (Å²) < 4.78 is 3.03. The van der Waals surface area contributed by atoms with Crippen molar-refractivity contribution in [2.45, 2.75) is 44.2 Å². The molecule has 1 aromatic heterocycles. The average molecular weight is 314 g/mol. The number of nitrogens with zero attached hydrogens (tertiary/aromatic N) is 3. The lowest BCUT2D eigenvalue weighted by atomic mass is 9.95. The van der Waals surface area contributed by atoms with Crippen LogP contribution in [0.3, 0.4) is 0 Å². The van der Waals surface area contributed by atoms with Crippen LogP contribution in [0.1, 0.15) is 49.3 Å². The lowest BCUT2D eigenvalue weighted by Crippen LogP contribution is -2.31. The normalized spacial score (nSPS) is 26.3. The molecule has 1 unspecified atom stereocenters. The van der Waals surface area contributed by atoms with Crippen LogP contribution in [-0.2, 0) is 6.42 Å². The van der Waals surface area contributed by atoms with Crippen molar-refractivity contribution in [2.75, 3.05) is 20.1 Å². The molecular formula is C13H20BrN3O. The minimum absolute atomic E-state index is 0.373. The van der Waals surface area contributed by atoms with Crippen LogP contribution >= 0.6 is 15.9 Å². The number of likely N-dealkylation sites (tertiary alicyclic amines) is 1. The fourth-order valence-electron chi connectivity index (χ4n) is 3.15. The Morgan fingerprint density at radius 2 is 2.00 bits per heavy atom. The molecule has 18 heavy (non-hydrogen) atoms. The van der Waals surface area contributed by atoms with Gasteiger partial charge in [0.05, 0.1) is 5.69 Å². The summed E-state index contributed by atoms with van der Waals surface area (Å²) in [5.41, 5.74) is 1.18. The second-order valence-electron chi connectivity index (χ2n) is 5.53. The molecule has 5 heteroatoms. The zero-order chi connectivity index (χ0) is 12.7. The first-order chi connectivity index (χ1) is 8.66. The Morgan fingerprint density at radius 1 is 1.28 bits per heavy atom. The number of aromatic nitrogens is 2. The second-order valence-corrected chi connectivity index (χ2v) is 6.28. The van der Waals surface area contributed by atoms with Crippen molar-refractivity contribution in [1.82, 2.24) is 14.5 Å². The molecule has 1 N–H and O–H groups in total. The quantitative estimate of drug-likeness (QED) is 0.865. The van der Waals surface area contributed by atoms with Gasteiger partial charge in [-0.3, -0.25) is 0 Å². The Bertz CT molecular complexity index is 438. The molecule has 1 saturated heterocycles. The molecule has 4 nitrogen and oxygen atoms in total. The highest BCUT2D eigenvalue weighted by Gasteiger charge is 2.30. The Kier molecular flexibility index (Phi) is 3.47. The number of halogens is 1. The van der Waals surface area contributed by atoms with Crippen LogP contribution in [-0.4, -0.2) is 39.7 Å². The number of aliphatic hydroxyl groups is 1. The second kappa shape index (κ2) is 4.94. The number of piperidine rings is 1. The molecule has 1 fully saturated rings. The fraction of sp³-hybridized carbons (Fsp3) is 0.769. The average Bonchev–Trinajstić information content (AvgIpc) is 2.70. The standard InChI is InChI=1S/C13H20BrN3O/c1-16-7-5-9(6-8-16)13-15-12(14)10-3-2-4-11(18)17(10)13/h9,11,18H,2-8H2,1H3. The minimum atomic E-state index is -0.373. The van der Waals surface area contributed by atoms with Crippen molar-refractivity contribution in [3.63, 3.8) is 0 Å². The molecule has 1 aromatic rings. The molecule has 2 aliphatic rings. The van der Waals surface area contributed by atoms with Gasteiger partial charge in [0, 0.05) is 5.92 Å². The van der Waals surface area contributed by atoms with Crippen LogP contribution in [0, 0.1) is 0 Å². The van der Waals surface area contributed by atoms with E-state index >= 15 is 0 Å². The summed E-state index contributed by atoms with van der Waals surface area (Å²) in [6, 6.07) is 0. The van der Waals surface area contributed by atoms with Gasteiger partial charge in [-0.25, -0.2) is 4.98 Å². The van der Waals surface area contributed by atoms with Crippen LogP contribution in [0.5, 0.6) is 0 Å². The van der Waals surface area contributed by atoms with Crippen molar-refractivity contribution >= 4 is 15.9 Å². The van der Waals surface area contributed by atoms with Crippen LogP contribution in [0.2, 0.25) is 0 Å². The van der Waals surface area contributed by atoms with Crippen molar-refractivity contribution in [1.29, 1.82) is 0 Å². The van der Waals surface area contributed by atoms with E-state index in [1.165, 1.54) is 5.69 Å². The van der Waals surface area contributed by atoms with Crippen molar-refractivity contribution in [2.24, 2.45) is 0 Å². The summed E-state index contributed by atoms with van der Waals surface area (Å²) in [4.78, 5) is 7.06. The molecule has 0 spiro atoms. The third kappa shape index (κ3) is 2.12. The molecule has 2 aliphatic heterocycles. The van der Waals surface area contributed by atoms with Gasteiger partial charge in [0.1, 0.15) is 16.7 Å². The van der Waals surface area contributed by atoms with Gasteiger partial charge in [0.2, 0.25) is 0 Å². The first-order valence-corrected chi connectivity index (χ1v) is 7.59. The Hall–Kier alpha value is -0.390. The summed E-state index contributed by atoms with van der Waals surface area (Å²) >= 11 is 3.56. The van der Waals surface area contributed by atoms with Gasteiger partial charge in [-0.2, -0.15) is 0 Å². The zero-order valence-corrected chi connectivity index (χ0v) is 12.4. The van der Waals surface area contributed by atoms with Crippen LogP contribution < -0.4 is 0 Å². The number of hydrogen-bond donors (Lipinski definition) is 1. The SMILES string of the molecule is CN1CCC(c2nc(Br)c3n2C(O)CCC3)CC1. The zero-order valence-electron chi connectivity index (χ0n) is 10.8. The Balaban J connectivity index is 1.92. The lowest BCUT2D eigenvalue weighted by Gasteiger charge is -2.31. The van der Waals surface area contributed by atoms with E-state index in [1.807, 2.05) is 0 Å². The molecule has 0 aromatic carbocycles. The van der Waals surface area contributed by atoms with E-state index < -0.39 is 0 Å². The minimum Gasteiger partial charge on any atom is -0.373 e. The van der Waals surface area contributed by atoms with E-state index in [-0.39, 0.29) is 6.23 Å². The molecule has 3 rings (SSSR count). The fourth-order valence-corrected chi connectivity index (χ4v) is 3.72. The first-order valence-electron chi connectivity index (χ1n) is 6.80. The molecule has 1 atom stereocenters. The summed E-state index contributed by atoms with van der Waals surface area (Å²) in [7, 11) is 2.17. The van der Waals surface area contributed by atoms with Gasteiger partial charge >= 0.3 is 0 Å². The number of aliphatic hydroxyl groups excluding tert-OH is 1. The van der Waals surface area contributed by atoms with Crippen LogP contribution in [0.25, 0.3) is 0 Å². The van der Waals surface area contributed by atoms with E-state index in [0.717, 1.165) is 55.6 Å². The van der Waals surface area contributed by atoms with E-state index in [9.17, 15) is 5.11 Å². The third-order valence-electron chi connectivity index (χ3n) is 4.25. The highest BCUT2D eigenvalue weighted by molar-refractivity contribution is 9.10. The van der Waals surface area contributed by atoms with Gasteiger partial charge in [0.15, 0.2) is 0 Å². The maximum absolute atomic E-state index is 10.2. The van der Waals surface area contributed by atoms with E-state index in [2.05, 4.69) is 32.4 Å². The van der Waals surface area contributed by atoms with Gasteiger partial charge in [-0.05, 0) is 68.2 Å². The van der Waals surface area contributed by atoms with Gasteiger partial charge < -0.3 is 14.6 Å². The molecule has 0 radical (unpaired) electrons. The monoisotopic (exact) mass is 313 g/mol. The lowest BCUT2D eigenvalue weighted by molar-refractivity contribution is 0.0727. The van der Waals surface area contributed by atoms with Gasteiger partial charge in [0.25, 0.3) is 0 Å². The number of hydrogen-bond acceptors (Lipinski definition) is 3. The summed E-state index contributed by atoms with van der Waals surface area (Å²) in [6.07, 6.45) is 4.85. The Morgan fingerprint density at radius 3 is 2.72 bits per heavy atom. The third-order valence-corrected chi connectivity index (χ3v) is 4.88. The first kappa shape index (κ1) is 12.6. The summed E-state index contributed by atoms with van der Waals surface area (Å²) in [5, 5.41) is 10.2. The molecule has 3 heterocycles. The summed E-state index contributed by atoms with van der Waals surface area (Å²) in [6.45, 7) is 2.25. The van der Waals surface area contributed by atoms with E-state index in [4.69, 9.17) is 4.98 Å². The van der Waals surface area contributed by atoms with Crippen LogP contribution in [0.15, 0.2) is 4.60 Å². The maximum Gasteiger partial charge on any atom is 0.132 e. The number of fused-ring (bicyclic) bond motifs is 1. The highest BCUT2D eigenvalue weighted by Crippen LogP contribution is 2.36. The number of imidazole rings is 1. The topological polar surface area (TPSA) is 41.3 Å². The van der Waals surface area contributed by atoms with Crippen molar-refractivity contribution in [3.8, 4) is 0 Å². The van der Waals surface area contributed by atoms with Gasteiger partial charge in [-0.15, -0.1) is 0 Å². The van der Waals surface area contributed by atoms with E-state index in [0.29, 0.717) is 5.92 Å². The molecule has 0 amide bonds. The van der Waals surface area contributed by atoms with Gasteiger partial charge in [-0.1, -0.05) is 0 Å². The number of rotatable bonds is 1. The molecule has 0 aliphatic carbocycles. The maximum atomic E-state index is 10.2. The Labute approximate surface area is 116 Å². The van der Waals surface area contributed by atoms with E-state index in [1.54, 1.807) is 0 Å². The summed E-state index contributed by atoms with van der Waals surface area (Å²) in [5.74, 6) is 1.59. The largest absolute Gasteiger partial charge is 0.373 e. The van der Waals surface area contributed by atoms with Crippen molar-refractivity contribution < 1.29 is 5.11 Å². The molecular weight excluding hydrogens is 294 g/mol. The molecule has 0 saturated carbocycles. The van der Waals surface area contributed by atoms with Crippen molar-refractivity contribution in [3.05, 3.63) is 16.1 Å². The van der Waals surface area contributed by atoms with Crippen LogP contribution in [0.4, 0.5) is 0 Å². The predicted octanol–water partition coefficient (Wildman–Crippen LogP) is 2.28.